The molecule has 1 heterocycles. The van der Waals surface area contributed by atoms with E-state index in [0.717, 1.165) is 0 Å². The van der Waals surface area contributed by atoms with Crippen molar-refractivity contribution in [1.29, 1.82) is 0 Å². The second kappa shape index (κ2) is 13.8. The van der Waals surface area contributed by atoms with E-state index in [1.165, 1.54) is 30.6 Å². The highest BCUT2D eigenvalue weighted by molar-refractivity contribution is 5.94. The molecule has 1 aromatic rings. The van der Waals surface area contributed by atoms with Crippen LogP contribution in [0.5, 0.6) is 0 Å². The molecule has 1 aromatic heterocycles. The lowest BCUT2D eigenvalue weighted by molar-refractivity contribution is -0.671. The van der Waals surface area contributed by atoms with Crippen LogP contribution in [0.2, 0.25) is 0 Å². The summed E-state index contributed by atoms with van der Waals surface area (Å²) in [5.74, 6) is -1.42. The maximum absolute atomic E-state index is 12.1. The Morgan fingerprint density at radius 1 is 0.893 bits per heavy atom. The van der Waals surface area contributed by atoms with Gasteiger partial charge >= 0.3 is 11.9 Å². The predicted molar refractivity (Wildman–Crippen MR) is 97.1 cm³/mol. The zero-order chi connectivity index (χ0) is 20.2. The SMILES string of the molecule is C=CC(=O)CCCOC(=O)c1cc(C(=O)OCCCC(=O)C=C)c[n+](C)c1.[I-]. The number of hydrogen-bond acceptors (Lipinski definition) is 6. The zero-order valence-electron chi connectivity index (χ0n) is 15.8. The van der Waals surface area contributed by atoms with Gasteiger partial charge < -0.3 is 33.5 Å². The van der Waals surface area contributed by atoms with Crippen LogP contribution >= 0.6 is 0 Å². The lowest BCUT2D eigenvalue weighted by Gasteiger charge is -2.06. The van der Waals surface area contributed by atoms with Crippen LogP contribution in [0.3, 0.4) is 0 Å². The van der Waals surface area contributed by atoms with Gasteiger partial charge in [-0.15, -0.1) is 0 Å². The topological polar surface area (TPSA) is 90.6 Å². The molecule has 0 aliphatic carbocycles. The third-order valence-electron chi connectivity index (χ3n) is 3.52. The average molecular weight is 501 g/mol. The Kier molecular flexibility index (Phi) is 12.6. The second-order valence-electron chi connectivity index (χ2n) is 5.80. The van der Waals surface area contributed by atoms with E-state index in [4.69, 9.17) is 9.47 Å². The normalized spacial score (nSPS) is 9.61. The first-order valence-corrected chi connectivity index (χ1v) is 8.52. The van der Waals surface area contributed by atoms with Crippen LogP contribution in [0.4, 0.5) is 0 Å². The Bertz CT molecular complexity index is 686. The summed E-state index contributed by atoms with van der Waals surface area (Å²) >= 11 is 0. The largest absolute Gasteiger partial charge is 1.00 e. The molecule has 1 rings (SSSR count). The highest BCUT2D eigenvalue weighted by Gasteiger charge is 2.18. The first kappa shape index (κ1) is 25.6. The Labute approximate surface area is 181 Å². The quantitative estimate of drug-likeness (QED) is 0.119. The molecule has 0 radical (unpaired) electrons. The Hall–Kier alpha value is -2.36. The van der Waals surface area contributed by atoms with Crippen molar-refractivity contribution in [2.75, 3.05) is 13.2 Å². The molecule has 0 amide bonds. The number of pyridine rings is 1. The number of halogens is 1. The van der Waals surface area contributed by atoms with Gasteiger partial charge in [-0.3, -0.25) is 9.59 Å². The van der Waals surface area contributed by atoms with Crippen molar-refractivity contribution in [3.8, 4) is 0 Å². The van der Waals surface area contributed by atoms with Crippen molar-refractivity contribution in [3.05, 3.63) is 54.9 Å². The monoisotopic (exact) mass is 501 g/mol. The van der Waals surface area contributed by atoms with E-state index in [1.807, 2.05) is 0 Å². The number of hydrogen-bond donors (Lipinski definition) is 0. The molecule has 0 aliphatic rings. The number of allylic oxidation sites excluding steroid dienone is 2. The van der Waals surface area contributed by atoms with Crippen molar-refractivity contribution in [3.63, 3.8) is 0 Å². The van der Waals surface area contributed by atoms with Crippen molar-refractivity contribution < 1.29 is 57.2 Å². The number of carbonyl (C=O) groups excluding carboxylic acids is 4. The molecule has 0 spiro atoms. The number of aromatic nitrogens is 1. The summed E-state index contributed by atoms with van der Waals surface area (Å²) in [4.78, 5) is 46.5. The van der Waals surface area contributed by atoms with Crippen LogP contribution in [0.1, 0.15) is 46.4 Å². The lowest BCUT2D eigenvalue weighted by Crippen LogP contribution is -3.00. The van der Waals surface area contributed by atoms with Crippen LogP contribution < -0.4 is 28.5 Å². The molecule has 152 valence electrons. The molecule has 0 atom stereocenters. The lowest BCUT2D eigenvalue weighted by atomic mass is 10.2. The molecule has 0 aliphatic heterocycles. The fraction of sp³-hybridized carbons (Fsp3) is 0.350. The van der Waals surface area contributed by atoms with Crippen molar-refractivity contribution in [2.24, 2.45) is 7.05 Å². The highest BCUT2D eigenvalue weighted by Crippen LogP contribution is 2.07. The fourth-order valence-electron chi connectivity index (χ4n) is 2.13. The molecule has 0 saturated heterocycles. The first-order valence-electron chi connectivity index (χ1n) is 8.52. The Balaban J connectivity index is 0.00000729. The molecule has 0 saturated carbocycles. The van der Waals surface area contributed by atoms with E-state index < -0.39 is 11.9 Å². The third kappa shape index (κ3) is 9.54. The summed E-state index contributed by atoms with van der Waals surface area (Å²) in [5, 5.41) is 0. The second-order valence-corrected chi connectivity index (χ2v) is 5.80. The zero-order valence-corrected chi connectivity index (χ0v) is 18.0. The van der Waals surface area contributed by atoms with Gasteiger partial charge in [0.15, 0.2) is 24.0 Å². The Morgan fingerprint density at radius 2 is 1.29 bits per heavy atom. The Morgan fingerprint density at radius 3 is 1.64 bits per heavy atom. The number of ether oxygens (including phenoxy) is 2. The van der Waals surface area contributed by atoms with Gasteiger partial charge in [0.1, 0.15) is 18.2 Å². The highest BCUT2D eigenvalue weighted by atomic mass is 127. The van der Waals surface area contributed by atoms with Crippen LogP contribution in [0, 0.1) is 0 Å². The summed E-state index contributed by atoms with van der Waals surface area (Å²) in [6.07, 6.45) is 6.81. The minimum atomic E-state index is -0.595. The van der Waals surface area contributed by atoms with E-state index in [1.54, 1.807) is 11.6 Å². The summed E-state index contributed by atoms with van der Waals surface area (Å²) in [5.41, 5.74) is 0.396. The summed E-state index contributed by atoms with van der Waals surface area (Å²) in [7, 11) is 1.67. The molecule has 0 fully saturated rings. The van der Waals surface area contributed by atoms with Crippen LogP contribution in [-0.4, -0.2) is 36.7 Å². The fourth-order valence-corrected chi connectivity index (χ4v) is 2.13. The van der Waals surface area contributed by atoms with Gasteiger partial charge in [-0.25, -0.2) is 14.2 Å². The van der Waals surface area contributed by atoms with Crippen LogP contribution in [0.15, 0.2) is 43.8 Å². The van der Waals surface area contributed by atoms with E-state index in [-0.39, 0.29) is 72.7 Å². The summed E-state index contributed by atoms with van der Waals surface area (Å²) in [6.45, 7) is 6.93. The van der Waals surface area contributed by atoms with Gasteiger partial charge in [0, 0.05) is 12.8 Å². The van der Waals surface area contributed by atoms with Gasteiger partial charge in [0.2, 0.25) is 0 Å². The minimum Gasteiger partial charge on any atom is -1.00 e. The van der Waals surface area contributed by atoms with Gasteiger partial charge in [-0.05, 0) is 31.1 Å². The van der Waals surface area contributed by atoms with Crippen molar-refractivity contribution in [1.82, 2.24) is 0 Å². The van der Waals surface area contributed by atoms with E-state index in [9.17, 15) is 19.2 Å². The summed E-state index contributed by atoms with van der Waals surface area (Å²) < 4.78 is 11.8. The van der Waals surface area contributed by atoms with Crippen molar-refractivity contribution in [2.45, 2.75) is 25.7 Å². The van der Waals surface area contributed by atoms with Gasteiger partial charge in [-0.1, -0.05) is 13.2 Å². The van der Waals surface area contributed by atoms with Crippen LogP contribution in [-0.2, 0) is 26.1 Å². The summed E-state index contributed by atoms with van der Waals surface area (Å²) in [6, 6.07) is 1.38. The number of rotatable bonds is 12. The van der Waals surface area contributed by atoms with Crippen molar-refractivity contribution >= 4 is 23.5 Å². The maximum atomic E-state index is 12.1. The number of nitrogens with zero attached hydrogens (tertiary/aromatic N) is 1. The van der Waals surface area contributed by atoms with E-state index >= 15 is 0 Å². The number of esters is 2. The number of ketones is 2. The number of carbonyl (C=O) groups is 4. The van der Waals surface area contributed by atoms with Gasteiger partial charge in [0.25, 0.3) is 0 Å². The third-order valence-corrected chi connectivity index (χ3v) is 3.52. The molecule has 28 heavy (non-hydrogen) atoms. The molecule has 7 nitrogen and oxygen atoms in total. The van der Waals surface area contributed by atoms with Gasteiger partial charge in [0.05, 0.1) is 13.2 Å². The molecule has 0 aromatic carbocycles. The first-order chi connectivity index (χ1) is 12.9. The van der Waals surface area contributed by atoms with Crippen LogP contribution in [0.25, 0.3) is 0 Å². The molecular weight excluding hydrogens is 477 g/mol. The molecule has 0 unspecified atom stereocenters. The smallest absolute Gasteiger partial charge is 0.344 e. The molecule has 8 heteroatoms. The molecular formula is C20H24INO6. The maximum Gasteiger partial charge on any atom is 0.344 e. The van der Waals surface area contributed by atoms with Gasteiger partial charge in [-0.2, -0.15) is 0 Å². The van der Waals surface area contributed by atoms with E-state index in [2.05, 4.69) is 13.2 Å². The number of aryl methyl sites for hydroxylation is 1. The predicted octanol–water partition coefficient (Wildman–Crippen LogP) is -1.10. The standard InChI is InChI=1S/C20H24NO6.HI/c1-4-17(22)8-6-10-26-19(24)15-12-16(14-21(3)13-15)20(25)27-11-7-9-18(23)5-2;/h4-5,12-14H,1-2,6-11H2,3H3;1H/q+1;/p-1. The minimum absolute atomic E-state index is 0. The molecule has 0 N–H and O–H groups in total. The molecule has 0 bridgehead atoms. The van der Waals surface area contributed by atoms with E-state index in [0.29, 0.717) is 12.8 Å². The average Bonchev–Trinajstić information content (AvgIpc) is 2.67.